The first-order valence-electron chi connectivity index (χ1n) is 10.5. The zero-order chi connectivity index (χ0) is 21.1. The second-order valence-electron chi connectivity index (χ2n) is 8.22. The molecule has 3 heterocycles. The van der Waals surface area contributed by atoms with Crippen LogP contribution in [0, 0.1) is 0 Å². The van der Waals surface area contributed by atoms with Crippen LogP contribution in [0.1, 0.15) is 48.9 Å². The van der Waals surface area contributed by atoms with Crippen LogP contribution in [0.4, 0.5) is 5.82 Å². The molecule has 4 rings (SSSR count). The molecule has 4 N–H and O–H groups in total. The Balaban J connectivity index is 1.41. The fourth-order valence-electron chi connectivity index (χ4n) is 4.27. The van der Waals surface area contributed by atoms with Gasteiger partial charge >= 0.3 is 0 Å². The molecular formula is C21H28N6O3. The van der Waals surface area contributed by atoms with Crippen molar-refractivity contribution in [3.05, 3.63) is 30.6 Å². The SMILES string of the molecule is C=CC(=O)N1CCC(Nc2cnc3[nH]cc(C(=O)NCC4(O)CCCC4)c3n2)CC1. The van der Waals surface area contributed by atoms with Crippen LogP contribution in [0.25, 0.3) is 11.2 Å². The number of hydrogen-bond acceptors (Lipinski definition) is 6. The highest BCUT2D eigenvalue weighted by Crippen LogP contribution is 2.28. The lowest BCUT2D eigenvalue weighted by atomic mass is 10.0. The molecule has 1 aliphatic carbocycles. The number of aromatic amines is 1. The maximum atomic E-state index is 12.7. The summed E-state index contributed by atoms with van der Waals surface area (Å²) in [4.78, 5) is 38.1. The van der Waals surface area contributed by atoms with Gasteiger partial charge in [0.25, 0.3) is 5.91 Å². The summed E-state index contributed by atoms with van der Waals surface area (Å²) in [6.07, 6.45) is 9.60. The number of aromatic nitrogens is 3. The molecule has 0 spiro atoms. The predicted octanol–water partition coefficient (Wildman–Crippen LogP) is 1.58. The minimum Gasteiger partial charge on any atom is -0.388 e. The van der Waals surface area contributed by atoms with Gasteiger partial charge in [0.1, 0.15) is 11.3 Å². The molecule has 2 aromatic heterocycles. The van der Waals surface area contributed by atoms with Crippen molar-refractivity contribution in [3.8, 4) is 0 Å². The van der Waals surface area contributed by atoms with Crippen molar-refractivity contribution in [2.75, 3.05) is 25.0 Å². The Hall–Kier alpha value is -2.94. The first kappa shape index (κ1) is 20.3. The summed E-state index contributed by atoms with van der Waals surface area (Å²) in [6.45, 7) is 5.11. The van der Waals surface area contributed by atoms with E-state index in [4.69, 9.17) is 0 Å². The van der Waals surface area contributed by atoms with Crippen LogP contribution in [0.3, 0.4) is 0 Å². The molecule has 0 bridgehead atoms. The molecule has 1 saturated heterocycles. The van der Waals surface area contributed by atoms with Gasteiger partial charge in [-0.15, -0.1) is 0 Å². The van der Waals surface area contributed by atoms with Gasteiger partial charge in [-0.1, -0.05) is 19.4 Å². The number of amides is 2. The van der Waals surface area contributed by atoms with Crippen molar-refractivity contribution in [1.29, 1.82) is 0 Å². The molecule has 1 aliphatic heterocycles. The van der Waals surface area contributed by atoms with Crippen LogP contribution >= 0.6 is 0 Å². The van der Waals surface area contributed by atoms with Crippen molar-refractivity contribution >= 4 is 28.8 Å². The lowest BCUT2D eigenvalue weighted by Gasteiger charge is -2.31. The van der Waals surface area contributed by atoms with Crippen LogP contribution < -0.4 is 10.6 Å². The van der Waals surface area contributed by atoms with E-state index in [1.807, 2.05) is 0 Å². The average molecular weight is 412 g/mol. The molecule has 1 saturated carbocycles. The van der Waals surface area contributed by atoms with Gasteiger partial charge in [0.05, 0.1) is 17.4 Å². The van der Waals surface area contributed by atoms with Gasteiger partial charge < -0.3 is 25.6 Å². The second-order valence-corrected chi connectivity index (χ2v) is 8.22. The lowest BCUT2D eigenvalue weighted by Crippen LogP contribution is -2.41. The number of fused-ring (bicyclic) bond motifs is 1. The van der Waals surface area contributed by atoms with E-state index in [1.54, 1.807) is 17.3 Å². The third kappa shape index (κ3) is 4.30. The minimum atomic E-state index is -0.804. The van der Waals surface area contributed by atoms with Crippen molar-refractivity contribution in [1.82, 2.24) is 25.2 Å². The number of carbonyl (C=O) groups excluding carboxylic acids is 2. The molecule has 160 valence electrons. The maximum absolute atomic E-state index is 12.7. The predicted molar refractivity (Wildman–Crippen MR) is 113 cm³/mol. The number of carbonyl (C=O) groups is 2. The zero-order valence-corrected chi connectivity index (χ0v) is 17.0. The number of nitrogens with zero attached hydrogens (tertiary/aromatic N) is 3. The summed E-state index contributed by atoms with van der Waals surface area (Å²) >= 11 is 0. The smallest absolute Gasteiger partial charge is 0.255 e. The summed E-state index contributed by atoms with van der Waals surface area (Å²) < 4.78 is 0. The van der Waals surface area contributed by atoms with E-state index in [2.05, 4.69) is 32.2 Å². The molecule has 0 unspecified atom stereocenters. The highest BCUT2D eigenvalue weighted by molar-refractivity contribution is 6.04. The van der Waals surface area contributed by atoms with E-state index in [0.29, 0.717) is 48.5 Å². The number of rotatable bonds is 6. The van der Waals surface area contributed by atoms with Crippen molar-refractivity contribution in [2.24, 2.45) is 0 Å². The Morgan fingerprint density at radius 2 is 2.07 bits per heavy atom. The van der Waals surface area contributed by atoms with E-state index in [1.165, 1.54) is 6.08 Å². The number of nitrogens with one attached hydrogen (secondary N) is 3. The highest BCUT2D eigenvalue weighted by Gasteiger charge is 2.31. The van der Waals surface area contributed by atoms with Gasteiger partial charge in [-0.3, -0.25) is 9.59 Å². The molecule has 0 radical (unpaired) electrons. The number of aliphatic hydroxyl groups is 1. The quantitative estimate of drug-likeness (QED) is 0.534. The molecule has 9 heteroatoms. The third-order valence-electron chi connectivity index (χ3n) is 6.07. The second kappa shape index (κ2) is 8.43. The van der Waals surface area contributed by atoms with Crippen LogP contribution in [0.2, 0.25) is 0 Å². The first-order chi connectivity index (χ1) is 14.5. The maximum Gasteiger partial charge on any atom is 0.255 e. The molecule has 9 nitrogen and oxygen atoms in total. The molecule has 2 fully saturated rings. The van der Waals surface area contributed by atoms with Crippen molar-refractivity contribution in [2.45, 2.75) is 50.2 Å². The van der Waals surface area contributed by atoms with E-state index in [0.717, 1.165) is 25.7 Å². The molecule has 2 amide bonds. The fourth-order valence-corrected chi connectivity index (χ4v) is 4.27. The topological polar surface area (TPSA) is 123 Å². The fraction of sp³-hybridized carbons (Fsp3) is 0.524. The van der Waals surface area contributed by atoms with E-state index in [9.17, 15) is 14.7 Å². The zero-order valence-electron chi connectivity index (χ0n) is 17.0. The molecular weight excluding hydrogens is 384 g/mol. The van der Waals surface area contributed by atoms with Gasteiger partial charge in [0.2, 0.25) is 5.91 Å². The van der Waals surface area contributed by atoms with Gasteiger partial charge in [0.15, 0.2) is 5.65 Å². The molecule has 0 aromatic carbocycles. The monoisotopic (exact) mass is 412 g/mol. The van der Waals surface area contributed by atoms with E-state index in [-0.39, 0.29) is 24.4 Å². The highest BCUT2D eigenvalue weighted by atomic mass is 16.3. The lowest BCUT2D eigenvalue weighted by molar-refractivity contribution is -0.126. The molecule has 2 aromatic rings. The van der Waals surface area contributed by atoms with Gasteiger partial charge in [0, 0.05) is 31.9 Å². The summed E-state index contributed by atoms with van der Waals surface area (Å²) in [7, 11) is 0. The summed E-state index contributed by atoms with van der Waals surface area (Å²) in [6, 6.07) is 0.179. The Kier molecular flexibility index (Phi) is 5.72. The third-order valence-corrected chi connectivity index (χ3v) is 6.07. The van der Waals surface area contributed by atoms with Crippen LogP contribution in [0.5, 0.6) is 0 Å². The number of anilines is 1. The molecule has 0 atom stereocenters. The minimum absolute atomic E-state index is 0.0418. The number of H-pyrrole nitrogens is 1. The van der Waals surface area contributed by atoms with Crippen molar-refractivity contribution in [3.63, 3.8) is 0 Å². The van der Waals surface area contributed by atoms with E-state index >= 15 is 0 Å². The van der Waals surface area contributed by atoms with Crippen LogP contribution in [-0.2, 0) is 4.79 Å². The number of hydrogen-bond donors (Lipinski definition) is 4. The van der Waals surface area contributed by atoms with E-state index < -0.39 is 5.60 Å². The van der Waals surface area contributed by atoms with Crippen LogP contribution in [0.15, 0.2) is 25.0 Å². The Labute approximate surface area is 175 Å². The molecule has 30 heavy (non-hydrogen) atoms. The van der Waals surface area contributed by atoms with Crippen LogP contribution in [-0.4, -0.2) is 68.0 Å². The number of piperidine rings is 1. The Bertz CT molecular complexity index is 941. The van der Waals surface area contributed by atoms with Gasteiger partial charge in [-0.2, -0.15) is 0 Å². The average Bonchev–Trinajstić information content (AvgIpc) is 3.38. The standard InChI is InChI=1S/C21H28N6O3/c1-2-17(28)27-9-5-14(6-10-27)25-16-12-23-19-18(26-16)15(11-22-19)20(29)24-13-21(30)7-3-4-8-21/h2,11-12,14,30H,1,3-10,13H2,(H,22,23)(H,24,29)(H,25,26). The van der Waals surface area contributed by atoms with Gasteiger partial charge in [-0.25, -0.2) is 9.97 Å². The first-order valence-corrected chi connectivity index (χ1v) is 10.5. The summed E-state index contributed by atoms with van der Waals surface area (Å²) in [5.41, 5.74) is 0.642. The summed E-state index contributed by atoms with van der Waals surface area (Å²) in [5.74, 6) is 0.281. The largest absolute Gasteiger partial charge is 0.388 e. The number of likely N-dealkylation sites (tertiary alicyclic amines) is 1. The Morgan fingerprint density at radius 3 is 2.77 bits per heavy atom. The van der Waals surface area contributed by atoms with Crippen molar-refractivity contribution < 1.29 is 14.7 Å². The normalized spacial score (nSPS) is 19.0. The summed E-state index contributed by atoms with van der Waals surface area (Å²) in [5, 5.41) is 16.7. The molecule has 2 aliphatic rings. The Morgan fingerprint density at radius 1 is 1.33 bits per heavy atom. The van der Waals surface area contributed by atoms with Gasteiger partial charge in [-0.05, 0) is 31.8 Å².